The third-order valence-corrected chi connectivity index (χ3v) is 4.82. The number of allylic oxidation sites excluding steroid dienone is 1. The lowest BCUT2D eigenvalue weighted by Crippen LogP contribution is -2.20. The van der Waals surface area contributed by atoms with Crippen molar-refractivity contribution in [2.45, 2.75) is 31.3 Å². The van der Waals surface area contributed by atoms with E-state index in [9.17, 15) is 18.0 Å². The summed E-state index contributed by atoms with van der Waals surface area (Å²) >= 11 is 1.57. The summed E-state index contributed by atoms with van der Waals surface area (Å²) in [5, 5.41) is 0. The van der Waals surface area contributed by atoms with Gasteiger partial charge in [0.05, 0.1) is 5.69 Å². The van der Waals surface area contributed by atoms with E-state index in [4.69, 9.17) is 0 Å². The van der Waals surface area contributed by atoms with Crippen LogP contribution in [0.5, 0.6) is 0 Å². The van der Waals surface area contributed by atoms with E-state index in [1.807, 2.05) is 19.9 Å². The molecule has 0 spiro atoms. The SMILES string of the molecule is CCSc1cc(C)cnc1-c1nc2c(n1C)C(=O)CC(C(F)(F)F)=C2. The number of aryl methyl sites for hydroxylation is 1. The zero-order valence-corrected chi connectivity index (χ0v) is 14.8. The maximum absolute atomic E-state index is 13.0. The van der Waals surface area contributed by atoms with E-state index in [0.29, 0.717) is 11.5 Å². The molecule has 4 nitrogen and oxygen atoms in total. The molecule has 0 atom stereocenters. The Balaban J connectivity index is 2.17. The van der Waals surface area contributed by atoms with Gasteiger partial charge >= 0.3 is 6.18 Å². The van der Waals surface area contributed by atoms with Crippen molar-refractivity contribution in [3.63, 3.8) is 0 Å². The van der Waals surface area contributed by atoms with Crippen LogP contribution in [0.2, 0.25) is 0 Å². The highest BCUT2D eigenvalue weighted by Gasteiger charge is 2.39. The Kier molecular flexibility index (Phi) is 4.49. The summed E-state index contributed by atoms with van der Waals surface area (Å²) in [5.74, 6) is 0.635. The number of thioether (sulfide) groups is 1. The van der Waals surface area contributed by atoms with Gasteiger partial charge in [-0.2, -0.15) is 13.2 Å². The Morgan fingerprint density at radius 1 is 1.36 bits per heavy atom. The Morgan fingerprint density at radius 3 is 2.72 bits per heavy atom. The highest BCUT2D eigenvalue weighted by molar-refractivity contribution is 7.99. The smallest absolute Gasteiger partial charge is 0.323 e. The van der Waals surface area contributed by atoms with Crippen molar-refractivity contribution < 1.29 is 18.0 Å². The highest BCUT2D eigenvalue weighted by atomic mass is 32.2. The summed E-state index contributed by atoms with van der Waals surface area (Å²) in [6.07, 6.45) is -2.55. The van der Waals surface area contributed by atoms with Crippen molar-refractivity contribution in [3.05, 3.63) is 34.8 Å². The predicted molar refractivity (Wildman–Crippen MR) is 90.6 cm³/mol. The van der Waals surface area contributed by atoms with Gasteiger partial charge in [0.15, 0.2) is 11.6 Å². The summed E-state index contributed by atoms with van der Waals surface area (Å²) in [6.45, 7) is 3.92. The molecule has 2 aromatic heterocycles. The number of pyridine rings is 1. The first kappa shape index (κ1) is 17.7. The van der Waals surface area contributed by atoms with Crippen molar-refractivity contribution in [2.24, 2.45) is 7.05 Å². The van der Waals surface area contributed by atoms with Crippen LogP contribution in [0.1, 0.15) is 35.1 Å². The van der Waals surface area contributed by atoms with Crippen molar-refractivity contribution in [3.8, 4) is 11.5 Å². The Bertz CT molecular complexity index is 884. The van der Waals surface area contributed by atoms with E-state index < -0.39 is 24.0 Å². The third kappa shape index (κ3) is 3.22. The second-order valence-electron chi connectivity index (χ2n) is 5.79. The van der Waals surface area contributed by atoms with Crippen LogP contribution in [0.15, 0.2) is 22.7 Å². The molecular weight excluding hydrogens is 351 g/mol. The molecule has 1 aliphatic carbocycles. The fraction of sp³-hybridized carbons (Fsp3) is 0.353. The minimum absolute atomic E-state index is 0.0518. The highest BCUT2D eigenvalue weighted by Crippen LogP contribution is 2.37. The van der Waals surface area contributed by atoms with E-state index in [1.165, 1.54) is 0 Å². The number of aromatic nitrogens is 3. The lowest BCUT2D eigenvalue weighted by atomic mass is 9.98. The maximum atomic E-state index is 13.0. The first-order chi connectivity index (χ1) is 11.7. The van der Waals surface area contributed by atoms with Crippen LogP contribution in [-0.2, 0) is 7.05 Å². The number of carbonyl (C=O) groups is 1. The topological polar surface area (TPSA) is 47.8 Å². The average molecular weight is 367 g/mol. The lowest BCUT2D eigenvalue weighted by molar-refractivity contribution is -0.0923. The minimum atomic E-state index is -4.53. The third-order valence-electron chi connectivity index (χ3n) is 3.91. The molecule has 0 aromatic carbocycles. The number of halogens is 3. The van der Waals surface area contributed by atoms with Gasteiger partial charge in [-0.3, -0.25) is 9.78 Å². The maximum Gasteiger partial charge on any atom is 0.413 e. The average Bonchev–Trinajstić information content (AvgIpc) is 2.84. The molecule has 2 heterocycles. The van der Waals surface area contributed by atoms with Gasteiger partial charge in [-0.15, -0.1) is 11.8 Å². The standard InChI is InChI=1S/C17H16F3N3OS/c1-4-25-13-5-9(2)8-21-14(13)16-22-11-6-10(17(18,19)20)7-12(24)15(11)23(16)3/h5-6,8H,4,7H2,1-3H3. The van der Waals surface area contributed by atoms with E-state index in [-0.39, 0.29) is 11.4 Å². The first-order valence-electron chi connectivity index (χ1n) is 7.69. The number of carbonyl (C=O) groups excluding carboxylic acids is 1. The molecule has 0 unspecified atom stereocenters. The first-order valence-corrected chi connectivity index (χ1v) is 8.68. The van der Waals surface area contributed by atoms with Gasteiger partial charge in [-0.05, 0) is 30.4 Å². The molecule has 0 radical (unpaired) electrons. The van der Waals surface area contributed by atoms with E-state index in [2.05, 4.69) is 9.97 Å². The zero-order chi connectivity index (χ0) is 18.4. The van der Waals surface area contributed by atoms with Gasteiger partial charge in [-0.25, -0.2) is 4.98 Å². The van der Waals surface area contributed by atoms with Gasteiger partial charge in [0, 0.05) is 30.1 Å². The quantitative estimate of drug-likeness (QED) is 0.753. The number of Topliss-reactive ketones (excluding diaryl/α,β-unsaturated/α-hetero) is 1. The fourth-order valence-electron chi connectivity index (χ4n) is 2.79. The molecule has 0 fully saturated rings. The molecule has 0 N–H and O–H groups in total. The van der Waals surface area contributed by atoms with Gasteiger partial charge in [0.2, 0.25) is 0 Å². The number of rotatable bonds is 3. The van der Waals surface area contributed by atoms with Crippen LogP contribution < -0.4 is 0 Å². The number of ketones is 1. The molecule has 25 heavy (non-hydrogen) atoms. The van der Waals surface area contributed by atoms with Crippen LogP contribution in [0, 0.1) is 6.92 Å². The molecule has 2 aromatic rings. The normalized spacial score (nSPS) is 14.5. The number of fused-ring (bicyclic) bond motifs is 1. The molecule has 0 saturated heterocycles. The largest absolute Gasteiger partial charge is 0.413 e. The minimum Gasteiger partial charge on any atom is -0.323 e. The number of hydrogen-bond acceptors (Lipinski definition) is 4. The van der Waals surface area contributed by atoms with Crippen molar-refractivity contribution >= 4 is 23.6 Å². The van der Waals surface area contributed by atoms with E-state index >= 15 is 0 Å². The molecule has 8 heteroatoms. The Labute approximate surface area is 147 Å². The number of nitrogens with zero attached hydrogens (tertiary/aromatic N) is 3. The Hall–Kier alpha value is -2.09. The summed E-state index contributed by atoms with van der Waals surface area (Å²) < 4.78 is 40.5. The van der Waals surface area contributed by atoms with E-state index in [0.717, 1.165) is 22.3 Å². The molecule has 0 amide bonds. The van der Waals surface area contributed by atoms with Crippen LogP contribution >= 0.6 is 11.8 Å². The summed E-state index contributed by atoms with van der Waals surface area (Å²) in [5.41, 5.74) is 0.932. The summed E-state index contributed by atoms with van der Waals surface area (Å²) in [7, 11) is 1.63. The molecule has 3 rings (SSSR count). The summed E-state index contributed by atoms with van der Waals surface area (Å²) in [6, 6.07) is 1.96. The second kappa shape index (κ2) is 6.33. The summed E-state index contributed by atoms with van der Waals surface area (Å²) in [4.78, 5) is 21.8. The van der Waals surface area contributed by atoms with Crippen LogP contribution in [0.3, 0.4) is 0 Å². The molecule has 0 bridgehead atoms. The van der Waals surface area contributed by atoms with Gasteiger partial charge in [-0.1, -0.05) is 6.92 Å². The monoisotopic (exact) mass is 367 g/mol. The fourth-order valence-corrected chi connectivity index (χ4v) is 3.65. The van der Waals surface area contributed by atoms with Crippen LogP contribution in [0.4, 0.5) is 13.2 Å². The lowest BCUT2D eigenvalue weighted by Gasteiger charge is -2.15. The van der Waals surface area contributed by atoms with Crippen molar-refractivity contribution in [1.82, 2.24) is 14.5 Å². The number of imidazole rings is 1. The van der Waals surface area contributed by atoms with Crippen LogP contribution in [0.25, 0.3) is 17.6 Å². The number of hydrogen-bond donors (Lipinski definition) is 0. The zero-order valence-electron chi connectivity index (χ0n) is 13.9. The molecular formula is C17H16F3N3OS. The number of alkyl halides is 3. The molecule has 0 aliphatic heterocycles. The second-order valence-corrected chi connectivity index (χ2v) is 7.09. The van der Waals surface area contributed by atoms with Crippen LogP contribution in [-0.4, -0.2) is 32.2 Å². The molecule has 1 aliphatic rings. The van der Waals surface area contributed by atoms with Gasteiger partial charge in [0.1, 0.15) is 11.4 Å². The van der Waals surface area contributed by atoms with Gasteiger partial charge in [0.25, 0.3) is 0 Å². The van der Waals surface area contributed by atoms with Crippen molar-refractivity contribution in [2.75, 3.05) is 5.75 Å². The van der Waals surface area contributed by atoms with E-state index in [1.54, 1.807) is 29.6 Å². The van der Waals surface area contributed by atoms with Crippen molar-refractivity contribution in [1.29, 1.82) is 0 Å². The molecule has 132 valence electrons. The Morgan fingerprint density at radius 2 is 2.08 bits per heavy atom. The molecule has 0 saturated carbocycles. The predicted octanol–water partition coefficient (Wildman–Crippen LogP) is 4.43. The van der Waals surface area contributed by atoms with Gasteiger partial charge < -0.3 is 4.57 Å².